The molecule has 210 valence electrons. The van der Waals surface area contributed by atoms with Crippen LogP contribution in [-0.2, 0) is 11.4 Å². The zero-order chi connectivity index (χ0) is 28.6. The predicted molar refractivity (Wildman–Crippen MR) is 173 cm³/mol. The van der Waals surface area contributed by atoms with E-state index in [4.69, 9.17) is 33.7 Å². The summed E-state index contributed by atoms with van der Waals surface area (Å²) in [4.78, 5) is 15.7. The quantitative estimate of drug-likeness (QED) is 0.0921. The standard InChI is InChI=1S/C33H32ClN3O2S2/c1-2-3-4-5-9-19-36-32(38)30(41-33(36)40)21-26-22-37(28-12-7-6-8-13-28)35-31(26)25-11-10-14-29(20-25)39-23-24-15-17-27(34)18-16-24/h6-8,10-18,20-22H,2-5,9,19,23H2,1H3/b30-21-. The number of halogens is 1. The third kappa shape index (κ3) is 7.47. The van der Waals surface area contributed by atoms with Crippen molar-refractivity contribution in [3.05, 3.63) is 106 Å². The average Bonchev–Trinajstić information content (AvgIpc) is 3.53. The summed E-state index contributed by atoms with van der Waals surface area (Å²) in [5.41, 5.74) is 4.46. The van der Waals surface area contributed by atoms with Gasteiger partial charge in [-0.2, -0.15) is 5.10 Å². The van der Waals surface area contributed by atoms with Crippen LogP contribution in [-0.4, -0.2) is 31.5 Å². The van der Waals surface area contributed by atoms with Crippen LogP contribution in [0.4, 0.5) is 0 Å². The van der Waals surface area contributed by atoms with Gasteiger partial charge in [-0.3, -0.25) is 9.69 Å². The normalized spacial score (nSPS) is 14.3. The lowest BCUT2D eigenvalue weighted by Crippen LogP contribution is -2.29. The molecule has 0 spiro atoms. The molecule has 0 bridgehead atoms. The molecule has 0 aliphatic carbocycles. The van der Waals surface area contributed by atoms with Gasteiger partial charge in [-0.05, 0) is 54.5 Å². The van der Waals surface area contributed by atoms with Crippen LogP contribution in [0.3, 0.4) is 0 Å². The predicted octanol–water partition coefficient (Wildman–Crippen LogP) is 8.94. The molecule has 4 aromatic rings. The second kappa shape index (κ2) is 14.0. The van der Waals surface area contributed by atoms with Gasteiger partial charge in [0, 0.05) is 28.9 Å². The Bertz CT molecular complexity index is 1530. The van der Waals surface area contributed by atoms with E-state index in [0.717, 1.165) is 46.7 Å². The fourth-order valence-electron chi connectivity index (χ4n) is 4.62. The van der Waals surface area contributed by atoms with Crippen molar-refractivity contribution in [2.75, 3.05) is 6.54 Å². The number of thioether (sulfide) groups is 1. The minimum atomic E-state index is -0.0334. The molecule has 1 aliphatic rings. The number of carbonyl (C=O) groups excluding carboxylic acids is 1. The SMILES string of the molecule is CCCCCCCN1C(=O)/C(=C/c2cn(-c3ccccc3)nc2-c2cccc(OCc3ccc(Cl)cc3)c2)SC1=S. The molecular weight excluding hydrogens is 570 g/mol. The molecule has 5 nitrogen and oxygen atoms in total. The number of carbonyl (C=O) groups is 1. The van der Waals surface area contributed by atoms with Crippen molar-refractivity contribution in [1.82, 2.24) is 14.7 Å². The summed E-state index contributed by atoms with van der Waals surface area (Å²) in [6, 6.07) is 25.4. The third-order valence-corrected chi connectivity index (χ3v) is 8.46. The lowest BCUT2D eigenvalue weighted by molar-refractivity contribution is -0.122. The van der Waals surface area contributed by atoms with Crippen LogP contribution in [0.1, 0.15) is 50.2 Å². The molecule has 3 aromatic carbocycles. The Kier molecular flexibility index (Phi) is 9.93. The monoisotopic (exact) mass is 601 g/mol. The molecule has 0 unspecified atom stereocenters. The molecule has 1 aromatic heterocycles. The topological polar surface area (TPSA) is 47.4 Å². The summed E-state index contributed by atoms with van der Waals surface area (Å²) in [6.45, 7) is 3.29. The van der Waals surface area contributed by atoms with E-state index in [0.29, 0.717) is 27.4 Å². The molecule has 0 saturated carbocycles. The van der Waals surface area contributed by atoms with Gasteiger partial charge in [0.05, 0.1) is 10.6 Å². The van der Waals surface area contributed by atoms with Crippen LogP contribution in [0.15, 0.2) is 90.0 Å². The molecule has 1 fully saturated rings. The Labute approximate surface area is 256 Å². The summed E-state index contributed by atoms with van der Waals surface area (Å²) in [7, 11) is 0. The number of ether oxygens (including phenoxy) is 1. The lowest BCUT2D eigenvalue weighted by Gasteiger charge is -2.13. The minimum absolute atomic E-state index is 0.0334. The van der Waals surface area contributed by atoms with E-state index in [-0.39, 0.29) is 5.91 Å². The zero-order valence-corrected chi connectivity index (χ0v) is 25.4. The largest absolute Gasteiger partial charge is 0.489 e. The first-order chi connectivity index (χ1) is 20.0. The first-order valence-corrected chi connectivity index (χ1v) is 15.5. The Morgan fingerprint density at radius 1 is 0.976 bits per heavy atom. The van der Waals surface area contributed by atoms with Crippen LogP contribution < -0.4 is 4.74 Å². The molecule has 0 N–H and O–H groups in total. The van der Waals surface area contributed by atoms with Gasteiger partial charge < -0.3 is 4.74 Å². The van der Waals surface area contributed by atoms with Crippen LogP contribution in [0.25, 0.3) is 23.0 Å². The molecule has 41 heavy (non-hydrogen) atoms. The van der Waals surface area contributed by atoms with Crippen molar-refractivity contribution < 1.29 is 9.53 Å². The van der Waals surface area contributed by atoms with E-state index in [1.807, 2.05) is 95.8 Å². The summed E-state index contributed by atoms with van der Waals surface area (Å²) < 4.78 is 8.55. The van der Waals surface area contributed by atoms with E-state index in [1.165, 1.54) is 31.0 Å². The van der Waals surface area contributed by atoms with Crippen LogP contribution in [0.5, 0.6) is 5.75 Å². The second-order valence-corrected chi connectivity index (χ2v) is 12.0. The summed E-state index contributed by atoms with van der Waals surface area (Å²) in [6.07, 6.45) is 9.54. The lowest BCUT2D eigenvalue weighted by atomic mass is 10.1. The number of rotatable bonds is 12. The fourth-order valence-corrected chi connectivity index (χ4v) is 6.04. The van der Waals surface area contributed by atoms with Gasteiger partial charge in [0.25, 0.3) is 5.91 Å². The van der Waals surface area contributed by atoms with Gasteiger partial charge in [-0.25, -0.2) is 4.68 Å². The maximum absolute atomic E-state index is 13.4. The minimum Gasteiger partial charge on any atom is -0.489 e. The number of nitrogens with zero attached hydrogens (tertiary/aromatic N) is 3. The van der Waals surface area contributed by atoms with Crippen molar-refractivity contribution in [1.29, 1.82) is 0 Å². The third-order valence-electron chi connectivity index (χ3n) is 6.83. The van der Waals surface area contributed by atoms with Crippen molar-refractivity contribution in [2.45, 2.75) is 45.6 Å². The molecule has 8 heteroatoms. The second-order valence-electron chi connectivity index (χ2n) is 9.90. The van der Waals surface area contributed by atoms with E-state index >= 15 is 0 Å². The number of aromatic nitrogens is 2. The number of thiocarbonyl (C=S) groups is 1. The van der Waals surface area contributed by atoms with E-state index in [1.54, 1.807) is 4.90 Å². The molecule has 1 aliphatic heterocycles. The highest BCUT2D eigenvalue weighted by Gasteiger charge is 2.32. The number of hydrogen-bond donors (Lipinski definition) is 0. The van der Waals surface area contributed by atoms with Crippen molar-refractivity contribution in [2.24, 2.45) is 0 Å². The highest BCUT2D eigenvalue weighted by molar-refractivity contribution is 8.26. The maximum atomic E-state index is 13.4. The van der Waals surface area contributed by atoms with Crippen LogP contribution in [0, 0.1) is 0 Å². The van der Waals surface area contributed by atoms with Gasteiger partial charge in [-0.15, -0.1) is 0 Å². The van der Waals surface area contributed by atoms with Crippen molar-refractivity contribution in [3.63, 3.8) is 0 Å². The van der Waals surface area contributed by atoms with E-state index in [2.05, 4.69) is 6.92 Å². The first kappa shape index (κ1) is 29.1. The number of amides is 1. The number of hydrogen-bond acceptors (Lipinski definition) is 5. The molecule has 0 radical (unpaired) electrons. The van der Waals surface area contributed by atoms with Crippen molar-refractivity contribution >= 4 is 51.9 Å². The molecule has 0 atom stereocenters. The Morgan fingerprint density at radius 2 is 1.76 bits per heavy atom. The maximum Gasteiger partial charge on any atom is 0.266 e. The van der Waals surface area contributed by atoms with Crippen LogP contribution in [0.2, 0.25) is 5.02 Å². The smallest absolute Gasteiger partial charge is 0.266 e. The Balaban J connectivity index is 1.41. The van der Waals surface area contributed by atoms with E-state index < -0.39 is 0 Å². The highest BCUT2D eigenvalue weighted by Crippen LogP contribution is 2.35. The Morgan fingerprint density at radius 3 is 2.54 bits per heavy atom. The number of unbranched alkanes of at least 4 members (excludes halogenated alkanes) is 4. The number of para-hydroxylation sites is 1. The number of benzene rings is 3. The highest BCUT2D eigenvalue weighted by atomic mass is 35.5. The summed E-state index contributed by atoms with van der Waals surface area (Å²) >= 11 is 13.0. The van der Waals surface area contributed by atoms with Gasteiger partial charge in [0.15, 0.2) is 0 Å². The van der Waals surface area contributed by atoms with Crippen molar-refractivity contribution in [3.8, 4) is 22.7 Å². The summed E-state index contributed by atoms with van der Waals surface area (Å²) in [5.74, 6) is 0.695. The molecule has 2 heterocycles. The first-order valence-electron chi connectivity index (χ1n) is 13.9. The van der Waals surface area contributed by atoms with Crippen LogP contribution >= 0.6 is 35.6 Å². The molecule has 1 saturated heterocycles. The molecule has 1 amide bonds. The van der Waals surface area contributed by atoms with Gasteiger partial charge >= 0.3 is 0 Å². The van der Waals surface area contributed by atoms with Gasteiger partial charge in [-0.1, -0.05) is 111 Å². The molecular formula is C33H32ClN3O2S2. The zero-order valence-electron chi connectivity index (χ0n) is 23.0. The fraction of sp³-hybridized carbons (Fsp3) is 0.242. The summed E-state index contributed by atoms with van der Waals surface area (Å²) in [5, 5.41) is 5.63. The molecule has 5 rings (SSSR count). The average molecular weight is 602 g/mol. The van der Waals surface area contributed by atoms with Gasteiger partial charge in [0.2, 0.25) is 0 Å². The Hall–Kier alpha value is -3.39. The van der Waals surface area contributed by atoms with Gasteiger partial charge in [0.1, 0.15) is 22.4 Å². The van der Waals surface area contributed by atoms with E-state index in [9.17, 15) is 4.79 Å².